The van der Waals surface area contributed by atoms with Crippen molar-refractivity contribution in [2.45, 2.75) is 12.3 Å². The first-order valence-corrected chi connectivity index (χ1v) is 6.90. The van der Waals surface area contributed by atoms with Gasteiger partial charge in [-0.2, -0.15) is 0 Å². The molecule has 1 unspecified atom stereocenters. The molecule has 1 atom stereocenters. The SMILES string of the molecule is CC(C#Cc1ccccc1)(C(=O)O)c1ccccc1Br. The number of rotatable bonds is 2. The zero-order valence-corrected chi connectivity index (χ0v) is 12.5. The van der Waals surface area contributed by atoms with E-state index in [2.05, 4.69) is 27.8 Å². The van der Waals surface area contributed by atoms with Crippen LogP contribution in [0.15, 0.2) is 59.1 Å². The summed E-state index contributed by atoms with van der Waals surface area (Å²) in [7, 11) is 0. The van der Waals surface area contributed by atoms with Crippen LogP contribution >= 0.6 is 15.9 Å². The fourth-order valence-electron chi connectivity index (χ4n) is 1.82. The molecule has 2 aromatic carbocycles. The lowest BCUT2D eigenvalue weighted by molar-refractivity contribution is -0.140. The minimum Gasteiger partial charge on any atom is -0.480 e. The predicted octanol–water partition coefficient (Wildman–Crippen LogP) is 3.84. The summed E-state index contributed by atoms with van der Waals surface area (Å²) in [5.74, 6) is 4.87. The fourth-order valence-corrected chi connectivity index (χ4v) is 2.50. The first-order chi connectivity index (χ1) is 9.54. The highest BCUT2D eigenvalue weighted by atomic mass is 79.9. The number of carboxylic acid groups (broad SMARTS) is 1. The molecular formula is C17H13BrO2. The van der Waals surface area contributed by atoms with Gasteiger partial charge in [0.1, 0.15) is 0 Å². The summed E-state index contributed by atoms with van der Waals surface area (Å²) in [6.07, 6.45) is 0. The fraction of sp³-hybridized carbons (Fsp3) is 0.118. The molecule has 2 aromatic rings. The van der Waals surface area contributed by atoms with Crippen molar-refractivity contribution < 1.29 is 9.90 Å². The minimum absolute atomic E-state index is 0.649. The van der Waals surface area contributed by atoms with Crippen molar-refractivity contribution in [1.29, 1.82) is 0 Å². The van der Waals surface area contributed by atoms with E-state index < -0.39 is 11.4 Å². The van der Waals surface area contributed by atoms with Crippen LogP contribution in [0, 0.1) is 11.8 Å². The van der Waals surface area contributed by atoms with Crippen LogP contribution in [0.4, 0.5) is 0 Å². The van der Waals surface area contributed by atoms with Gasteiger partial charge in [0.15, 0.2) is 5.41 Å². The Hall–Kier alpha value is -2.05. The van der Waals surface area contributed by atoms with Crippen molar-refractivity contribution in [3.63, 3.8) is 0 Å². The normalized spacial score (nSPS) is 12.9. The zero-order chi connectivity index (χ0) is 14.6. The van der Waals surface area contributed by atoms with E-state index in [-0.39, 0.29) is 0 Å². The Labute approximate surface area is 126 Å². The second kappa shape index (κ2) is 5.94. The Balaban J connectivity index is 2.50. The number of halogens is 1. The molecule has 0 heterocycles. The van der Waals surface area contributed by atoms with Crippen LogP contribution in [0.3, 0.4) is 0 Å². The van der Waals surface area contributed by atoms with Crippen LogP contribution < -0.4 is 0 Å². The van der Waals surface area contributed by atoms with Crippen molar-refractivity contribution in [1.82, 2.24) is 0 Å². The molecule has 0 aliphatic rings. The minimum atomic E-state index is -1.25. The largest absolute Gasteiger partial charge is 0.480 e. The van der Waals surface area contributed by atoms with E-state index in [1.165, 1.54) is 0 Å². The van der Waals surface area contributed by atoms with Crippen molar-refractivity contribution in [3.05, 3.63) is 70.2 Å². The van der Waals surface area contributed by atoms with Gasteiger partial charge in [-0.05, 0) is 30.7 Å². The third kappa shape index (κ3) is 2.92. The smallest absolute Gasteiger partial charge is 0.326 e. The van der Waals surface area contributed by atoms with Crippen LogP contribution in [0.5, 0.6) is 0 Å². The van der Waals surface area contributed by atoms with Gasteiger partial charge >= 0.3 is 5.97 Å². The summed E-state index contributed by atoms with van der Waals surface area (Å²) in [5.41, 5.74) is 0.193. The van der Waals surface area contributed by atoms with E-state index in [9.17, 15) is 9.90 Å². The van der Waals surface area contributed by atoms with Gasteiger partial charge in [0, 0.05) is 10.0 Å². The quantitative estimate of drug-likeness (QED) is 0.850. The van der Waals surface area contributed by atoms with E-state index >= 15 is 0 Å². The molecule has 2 rings (SSSR count). The van der Waals surface area contributed by atoms with Crippen molar-refractivity contribution in [2.75, 3.05) is 0 Å². The second-order valence-electron chi connectivity index (χ2n) is 4.53. The summed E-state index contributed by atoms with van der Waals surface area (Å²) in [6.45, 7) is 1.62. The second-order valence-corrected chi connectivity index (χ2v) is 5.38. The highest BCUT2D eigenvalue weighted by Crippen LogP contribution is 2.30. The third-order valence-electron chi connectivity index (χ3n) is 3.07. The van der Waals surface area contributed by atoms with Gasteiger partial charge in [0.05, 0.1) is 0 Å². The molecule has 100 valence electrons. The van der Waals surface area contributed by atoms with E-state index in [1.54, 1.807) is 13.0 Å². The van der Waals surface area contributed by atoms with Crippen LogP contribution in [-0.2, 0) is 10.2 Å². The number of benzene rings is 2. The van der Waals surface area contributed by atoms with Gasteiger partial charge < -0.3 is 5.11 Å². The maximum Gasteiger partial charge on any atom is 0.326 e. The Bertz CT molecular complexity index is 683. The summed E-state index contributed by atoms with van der Waals surface area (Å²) in [5, 5.41) is 9.57. The molecule has 0 aliphatic heterocycles. The van der Waals surface area contributed by atoms with Gasteiger partial charge in [0.2, 0.25) is 0 Å². The summed E-state index contributed by atoms with van der Waals surface area (Å²) in [4.78, 5) is 11.7. The van der Waals surface area contributed by atoms with Gasteiger partial charge in [-0.1, -0.05) is 64.2 Å². The summed E-state index contributed by atoms with van der Waals surface area (Å²) >= 11 is 3.40. The van der Waals surface area contributed by atoms with Gasteiger partial charge in [-0.3, -0.25) is 4.79 Å². The average Bonchev–Trinajstić information content (AvgIpc) is 2.46. The van der Waals surface area contributed by atoms with Crippen LogP contribution in [0.1, 0.15) is 18.1 Å². The van der Waals surface area contributed by atoms with E-state index in [4.69, 9.17) is 0 Å². The molecule has 0 saturated heterocycles. The maximum atomic E-state index is 11.7. The molecular weight excluding hydrogens is 316 g/mol. The topological polar surface area (TPSA) is 37.3 Å². The molecule has 0 aliphatic carbocycles. The number of aliphatic carboxylic acids is 1. The molecule has 0 saturated carbocycles. The molecule has 0 amide bonds. The molecule has 2 nitrogen and oxygen atoms in total. The van der Waals surface area contributed by atoms with E-state index in [0.29, 0.717) is 5.56 Å². The Morgan fingerprint density at radius 2 is 1.70 bits per heavy atom. The number of carbonyl (C=O) groups is 1. The molecule has 20 heavy (non-hydrogen) atoms. The molecule has 0 spiro atoms. The predicted molar refractivity (Wildman–Crippen MR) is 82.4 cm³/mol. The van der Waals surface area contributed by atoms with Gasteiger partial charge in [-0.25, -0.2) is 0 Å². The maximum absolute atomic E-state index is 11.7. The van der Waals surface area contributed by atoms with Crippen molar-refractivity contribution >= 4 is 21.9 Å². The standard InChI is InChI=1S/C17H13BrO2/c1-17(16(19)20,14-9-5-6-10-15(14)18)12-11-13-7-3-2-4-8-13/h2-10H,1H3,(H,19,20). The average molecular weight is 329 g/mol. The zero-order valence-electron chi connectivity index (χ0n) is 10.9. The Morgan fingerprint density at radius 3 is 2.30 bits per heavy atom. The van der Waals surface area contributed by atoms with Crippen LogP contribution in [0.25, 0.3) is 0 Å². The molecule has 0 bridgehead atoms. The molecule has 3 heteroatoms. The number of hydrogen-bond acceptors (Lipinski definition) is 1. The third-order valence-corrected chi connectivity index (χ3v) is 3.76. The lowest BCUT2D eigenvalue weighted by Gasteiger charge is -2.20. The molecule has 0 aromatic heterocycles. The number of hydrogen-bond donors (Lipinski definition) is 1. The van der Waals surface area contributed by atoms with E-state index in [0.717, 1.165) is 10.0 Å². The Morgan fingerprint density at radius 1 is 1.10 bits per heavy atom. The molecule has 1 N–H and O–H groups in total. The van der Waals surface area contributed by atoms with Crippen molar-refractivity contribution in [3.8, 4) is 11.8 Å². The van der Waals surface area contributed by atoms with Crippen LogP contribution in [0.2, 0.25) is 0 Å². The van der Waals surface area contributed by atoms with E-state index in [1.807, 2.05) is 48.5 Å². The highest BCUT2D eigenvalue weighted by molar-refractivity contribution is 9.10. The first-order valence-electron chi connectivity index (χ1n) is 6.10. The van der Waals surface area contributed by atoms with Crippen LogP contribution in [-0.4, -0.2) is 11.1 Å². The lowest BCUT2D eigenvalue weighted by Crippen LogP contribution is -2.31. The first kappa shape index (κ1) is 14.4. The Kier molecular flexibility index (Phi) is 4.26. The van der Waals surface area contributed by atoms with Gasteiger partial charge in [0.25, 0.3) is 0 Å². The highest BCUT2D eigenvalue weighted by Gasteiger charge is 2.34. The van der Waals surface area contributed by atoms with Crippen molar-refractivity contribution in [2.24, 2.45) is 0 Å². The summed E-state index contributed by atoms with van der Waals surface area (Å²) < 4.78 is 0.743. The van der Waals surface area contributed by atoms with Gasteiger partial charge in [-0.15, -0.1) is 0 Å². The molecule has 0 radical (unpaired) electrons. The number of carboxylic acids is 1. The lowest BCUT2D eigenvalue weighted by atomic mass is 9.83. The molecule has 0 fully saturated rings. The monoisotopic (exact) mass is 328 g/mol. The summed E-state index contributed by atoms with van der Waals surface area (Å²) in [6, 6.07) is 16.6.